The molecule has 0 fully saturated rings. The van der Waals surface area contributed by atoms with Gasteiger partial charge in [0.15, 0.2) is 11.5 Å². The molecule has 35 heavy (non-hydrogen) atoms. The standard InChI is InChI=1S/C25H26N4O6/c1-4-5-18-12-20(29-35-18)23(30)26-13-21-15(2)33-25(28-21)16-6-8-17(9-7-16)27-24(31)22-11-10-19(34-22)14-32-3/h6-12H,4-5,13-14H2,1-3H3,(H,26,30)(H,27,31). The minimum Gasteiger partial charge on any atom is -0.453 e. The number of benzene rings is 1. The number of nitrogens with one attached hydrogen (secondary N) is 2. The monoisotopic (exact) mass is 478 g/mol. The molecule has 0 spiro atoms. The number of rotatable bonds is 10. The summed E-state index contributed by atoms with van der Waals surface area (Å²) in [7, 11) is 1.56. The molecule has 0 unspecified atom stereocenters. The number of nitrogens with zero attached hydrogens (tertiary/aromatic N) is 2. The van der Waals surface area contributed by atoms with Gasteiger partial charge in [-0.15, -0.1) is 0 Å². The number of hydrogen-bond acceptors (Lipinski definition) is 8. The lowest BCUT2D eigenvalue weighted by Crippen LogP contribution is -2.23. The average molecular weight is 479 g/mol. The van der Waals surface area contributed by atoms with E-state index in [1.54, 1.807) is 56.5 Å². The summed E-state index contributed by atoms with van der Waals surface area (Å²) in [6.07, 6.45) is 1.64. The number of methoxy groups -OCH3 is 1. The molecular formula is C25H26N4O6. The molecule has 2 amide bonds. The maximum absolute atomic E-state index is 12.4. The number of amides is 2. The van der Waals surface area contributed by atoms with Gasteiger partial charge in [-0.2, -0.15) is 0 Å². The molecule has 0 saturated carbocycles. The molecule has 10 heteroatoms. The molecule has 0 saturated heterocycles. The highest BCUT2D eigenvalue weighted by atomic mass is 16.5. The van der Waals surface area contributed by atoms with Crippen molar-refractivity contribution in [3.8, 4) is 11.5 Å². The van der Waals surface area contributed by atoms with E-state index >= 15 is 0 Å². The summed E-state index contributed by atoms with van der Waals surface area (Å²) in [6, 6.07) is 12.0. The van der Waals surface area contributed by atoms with E-state index < -0.39 is 0 Å². The van der Waals surface area contributed by atoms with Crippen LogP contribution in [0.1, 0.15) is 57.4 Å². The van der Waals surface area contributed by atoms with Crippen molar-refractivity contribution in [1.29, 1.82) is 0 Å². The predicted molar refractivity (Wildman–Crippen MR) is 126 cm³/mol. The van der Waals surface area contributed by atoms with Gasteiger partial charge in [-0.3, -0.25) is 9.59 Å². The number of aryl methyl sites for hydroxylation is 2. The zero-order valence-corrected chi connectivity index (χ0v) is 19.7. The first-order valence-corrected chi connectivity index (χ1v) is 11.2. The van der Waals surface area contributed by atoms with Gasteiger partial charge >= 0.3 is 0 Å². The topological polar surface area (TPSA) is 133 Å². The third kappa shape index (κ3) is 5.85. The molecule has 4 aromatic rings. The number of carbonyl (C=O) groups is 2. The third-order valence-electron chi connectivity index (χ3n) is 5.16. The molecule has 10 nitrogen and oxygen atoms in total. The van der Waals surface area contributed by atoms with Crippen LogP contribution in [0.15, 0.2) is 55.8 Å². The molecule has 2 N–H and O–H groups in total. The Morgan fingerprint density at radius 2 is 1.83 bits per heavy atom. The molecule has 1 aromatic carbocycles. The molecule has 182 valence electrons. The van der Waals surface area contributed by atoms with Crippen molar-refractivity contribution < 1.29 is 27.7 Å². The van der Waals surface area contributed by atoms with Crippen molar-refractivity contribution in [2.24, 2.45) is 0 Å². The number of aromatic nitrogens is 2. The summed E-state index contributed by atoms with van der Waals surface area (Å²) in [6.45, 7) is 4.29. The van der Waals surface area contributed by atoms with Crippen molar-refractivity contribution in [2.75, 3.05) is 12.4 Å². The van der Waals surface area contributed by atoms with Gasteiger partial charge in [0.25, 0.3) is 11.8 Å². The van der Waals surface area contributed by atoms with Gasteiger partial charge in [0.05, 0.1) is 6.54 Å². The van der Waals surface area contributed by atoms with Crippen molar-refractivity contribution in [1.82, 2.24) is 15.5 Å². The van der Waals surface area contributed by atoms with E-state index in [4.69, 9.17) is 18.1 Å². The zero-order valence-electron chi connectivity index (χ0n) is 19.7. The molecule has 3 aromatic heterocycles. The molecule has 0 aliphatic heterocycles. The Hall–Kier alpha value is -4.18. The van der Waals surface area contributed by atoms with E-state index in [0.717, 1.165) is 18.4 Å². The maximum Gasteiger partial charge on any atom is 0.291 e. The quantitative estimate of drug-likeness (QED) is 0.340. The van der Waals surface area contributed by atoms with Gasteiger partial charge in [-0.25, -0.2) is 4.98 Å². The van der Waals surface area contributed by atoms with E-state index in [-0.39, 0.29) is 29.8 Å². The van der Waals surface area contributed by atoms with Crippen LogP contribution in [-0.2, 0) is 24.3 Å². The van der Waals surface area contributed by atoms with Crippen LogP contribution in [-0.4, -0.2) is 29.1 Å². The normalized spacial score (nSPS) is 10.9. The second-order valence-corrected chi connectivity index (χ2v) is 7.86. The lowest BCUT2D eigenvalue weighted by molar-refractivity contribution is 0.0940. The highest BCUT2D eigenvalue weighted by Crippen LogP contribution is 2.24. The molecular weight excluding hydrogens is 452 g/mol. The minimum atomic E-state index is -0.362. The SMILES string of the molecule is CCCc1cc(C(=O)NCc2nc(-c3ccc(NC(=O)c4ccc(COC)o4)cc3)oc2C)no1. The molecule has 0 aliphatic rings. The Kier molecular flexibility index (Phi) is 7.41. The lowest BCUT2D eigenvalue weighted by atomic mass is 10.2. The highest BCUT2D eigenvalue weighted by Gasteiger charge is 2.16. The number of oxazole rings is 1. The summed E-state index contributed by atoms with van der Waals surface area (Å²) < 4.78 is 21.4. The molecule has 0 atom stereocenters. The van der Waals surface area contributed by atoms with Gasteiger partial charge in [0.1, 0.15) is 29.6 Å². The Bertz CT molecular complexity index is 1300. The van der Waals surface area contributed by atoms with Crippen molar-refractivity contribution in [3.05, 3.63) is 76.9 Å². The minimum absolute atomic E-state index is 0.187. The first-order chi connectivity index (χ1) is 17.0. The van der Waals surface area contributed by atoms with Gasteiger partial charge in [0.2, 0.25) is 5.89 Å². The van der Waals surface area contributed by atoms with E-state index in [1.807, 2.05) is 6.92 Å². The zero-order chi connectivity index (χ0) is 24.8. The van der Waals surface area contributed by atoms with Crippen LogP contribution in [0, 0.1) is 6.92 Å². The first kappa shape index (κ1) is 24.0. The summed E-state index contributed by atoms with van der Waals surface area (Å²) in [5.41, 5.74) is 2.16. The Morgan fingerprint density at radius 3 is 2.57 bits per heavy atom. The highest BCUT2D eigenvalue weighted by molar-refractivity contribution is 6.02. The Morgan fingerprint density at radius 1 is 1.03 bits per heavy atom. The fourth-order valence-electron chi connectivity index (χ4n) is 3.36. The van der Waals surface area contributed by atoms with Crippen molar-refractivity contribution >= 4 is 17.5 Å². The fourth-order valence-corrected chi connectivity index (χ4v) is 3.36. The van der Waals surface area contributed by atoms with Gasteiger partial charge in [0, 0.05) is 30.8 Å². The predicted octanol–water partition coefficient (Wildman–Crippen LogP) is 4.51. The maximum atomic E-state index is 12.4. The number of carbonyl (C=O) groups excluding carboxylic acids is 2. The van der Waals surface area contributed by atoms with Crippen LogP contribution in [0.5, 0.6) is 0 Å². The van der Waals surface area contributed by atoms with E-state index in [1.165, 1.54) is 0 Å². The van der Waals surface area contributed by atoms with Crippen molar-refractivity contribution in [2.45, 2.75) is 39.8 Å². The van der Waals surface area contributed by atoms with Crippen LogP contribution < -0.4 is 10.6 Å². The smallest absolute Gasteiger partial charge is 0.291 e. The Balaban J connectivity index is 1.36. The van der Waals surface area contributed by atoms with E-state index in [9.17, 15) is 9.59 Å². The molecule has 0 aliphatic carbocycles. The van der Waals surface area contributed by atoms with Gasteiger partial charge < -0.3 is 28.7 Å². The van der Waals surface area contributed by atoms with E-state index in [0.29, 0.717) is 41.2 Å². The molecule has 0 bridgehead atoms. The van der Waals surface area contributed by atoms with Gasteiger partial charge in [-0.1, -0.05) is 12.1 Å². The summed E-state index contributed by atoms with van der Waals surface area (Å²) in [5, 5.41) is 9.37. The van der Waals surface area contributed by atoms with Crippen LogP contribution >= 0.6 is 0 Å². The van der Waals surface area contributed by atoms with Gasteiger partial charge in [-0.05, 0) is 49.7 Å². The number of ether oxygens (including phenoxy) is 1. The summed E-state index contributed by atoms with van der Waals surface area (Å²) in [4.78, 5) is 29.2. The fraction of sp³-hybridized carbons (Fsp3) is 0.280. The third-order valence-corrected chi connectivity index (χ3v) is 5.16. The van der Waals surface area contributed by atoms with Crippen LogP contribution in [0.3, 0.4) is 0 Å². The summed E-state index contributed by atoms with van der Waals surface area (Å²) in [5.74, 6) is 1.74. The largest absolute Gasteiger partial charge is 0.453 e. The summed E-state index contributed by atoms with van der Waals surface area (Å²) >= 11 is 0. The van der Waals surface area contributed by atoms with Crippen LogP contribution in [0.2, 0.25) is 0 Å². The Labute approximate surface area is 201 Å². The van der Waals surface area contributed by atoms with E-state index in [2.05, 4.69) is 20.8 Å². The second-order valence-electron chi connectivity index (χ2n) is 7.86. The lowest BCUT2D eigenvalue weighted by Gasteiger charge is -2.04. The van der Waals surface area contributed by atoms with Crippen LogP contribution in [0.25, 0.3) is 11.5 Å². The first-order valence-electron chi connectivity index (χ1n) is 11.2. The molecule has 0 radical (unpaired) electrons. The van der Waals surface area contributed by atoms with Crippen molar-refractivity contribution in [3.63, 3.8) is 0 Å². The average Bonchev–Trinajstić information content (AvgIpc) is 3.59. The number of furan rings is 1. The number of hydrogen-bond donors (Lipinski definition) is 2. The molecule has 4 rings (SSSR count). The second kappa shape index (κ2) is 10.8. The van der Waals surface area contributed by atoms with Crippen LogP contribution in [0.4, 0.5) is 5.69 Å². The number of anilines is 1. The molecule has 3 heterocycles.